The minimum Gasteiger partial charge on any atom is -0.351 e. The second-order valence-corrected chi connectivity index (χ2v) is 7.29. The topological polar surface area (TPSA) is 63.1 Å². The third kappa shape index (κ3) is 3.62. The molecule has 4 rings (SSSR count). The zero-order valence-corrected chi connectivity index (χ0v) is 16.2. The molecule has 6 nitrogen and oxygen atoms in total. The van der Waals surface area contributed by atoms with E-state index in [1.165, 1.54) is 25.0 Å². The summed E-state index contributed by atoms with van der Waals surface area (Å²) < 4.78 is 15.3. The number of hydrogen-bond acceptors (Lipinski definition) is 4. The number of nitrogens with zero attached hydrogens (tertiary/aromatic N) is 4. The van der Waals surface area contributed by atoms with Gasteiger partial charge in [0, 0.05) is 18.8 Å². The van der Waals surface area contributed by atoms with E-state index in [-0.39, 0.29) is 11.7 Å². The van der Waals surface area contributed by atoms with E-state index in [4.69, 9.17) is 0 Å². The minimum atomic E-state index is -0.341. The van der Waals surface area contributed by atoms with E-state index in [0.717, 1.165) is 25.3 Å². The third-order valence-electron chi connectivity index (χ3n) is 5.15. The Labute approximate surface area is 163 Å². The lowest BCUT2D eigenvalue weighted by molar-refractivity contribution is 0.0951. The molecule has 1 amide bonds. The maximum atomic E-state index is 13.7. The number of aryl methyl sites for hydroxylation is 2. The Balaban J connectivity index is 1.66. The first-order valence-corrected chi connectivity index (χ1v) is 9.66. The van der Waals surface area contributed by atoms with Gasteiger partial charge >= 0.3 is 0 Å². The lowest BCUT2D eigenvalue weighted by Crippen LogP contribution is -2.33. The molecular formula is C21H24FN5O. The van der Waals surface area contributed by atoms with Crippen molar-refractivity contribution in [2.45, 2.75) is 26.7 Å². The fourth-order valence-corrected chi connectivity index (χ4v) is 3.81. The van der Waals surface area contributed by atoms with Crippen molar-refractivity contribution in [2.24, 2.45) is 0 Å². The smallest absolute Gasteiger partial charge is 0.252 e. The van der Waals surface area contributed by atoms with Crippen molar-refractivity contribution in [3.05, 3.63) is 53.1 Å². The Hall–Kier alpha value is -2.80. The maximum absolute atomic E-state index is 13.7. The van der Waals surface area contributed by atoms with E-state index < -0.39 is 0 Å². The number of carbonyl (C=O) groups excluding carboxylic acids is 1. The van der Waals surface area contributed by atoms with Gasteiger partial charge in [0.25, 0.3) is 5.91 Å². The molecule has 0 bridgehead atoms. The van der Waals surface area contributed by atoms with E-state index >= 15 is 0 Å². The maximum Gasteiger partial charge on any atom is 0.252 e. The van der Waals surface area contributed by atoms with Gasteiger partial charge in [0.15, 0.2) is 5.65 Å². The number of carbonyl (C=O) groups is 1. The Kier molecular flexibility index (Phi) is 5.09. The van der Waals surface area contributed by atoms with Crippen LogP contribution in [0.25, 0.3) is 16.7 Å². The fraction of sp³-hybridized carbons (Fsp3) is 0.381. The molecule has 0 atom stereocenters. The average molecular weight is 381 g/mol. The number of likely N-dealkylation sites (tertiary alicyclic amines) is 1. The highest BCUT2D eigenvalue weighted by molar-refractivity contribution is 6.06. The van der Waals surface area contributed by atoms with Crippen LogP contribution in [0.3, 0.4) is 0 Å². The molecule has 1 aliphatic heterocycles. The van der Waals surface area contributed by atoms with Crippen LogP contribution in [-0.2, 0) is 0 Å². The van der Waals surface area contributed by atoms with Crippen molar-refractivity contribution >= 4 is 16.9 Å². The molecule has 2 aromatic heterocycles. The van der Waals surface area contributed by atoms with Gasteiger partial charge in [-0.05, 0) is 64.0 Å². The predicted molar refractivity (Wildman–Crippen MR) is 106 cm³/mol. The summed E-state index contributed by atoms with van der Waals surface area (Å²) in [7, 11) is 0. The molecule has 3 heterocycles. The van der Waals surface area contributed by atoms with Gasteiger partial charge in [-0.25, -0.2) is 14.1 Å². The van der Waals surface area contributed by atoms with Crippen LogP contribution in [-0.4, -0.2) is 51.8 Å². The SMILES string of the molecule is Cc1cc(C(=O)NCCN2CCCC2)c2c(C)nn(-c3cccc(F)c3)c2n1. The fourth-order valence-electron chi connectivity index (χ4n) is 3.81. The normalized spacial score (nSPS) is 14.7. The van der Waals surface area contributed by atoms with Gasteiger partial charge in [-0.15, -0.1) is 0 Å². The van der Waals surface area contributed by atoms with E-state index in [0.29, 0.717) is 34.5 Å². The second-order valence-electron chi connectivity index (χ2n) is 7.29. The number of benzene rings is 1. The molecule has 0 aliphatic carbocycles. The zero-order chi connectivity index (χ0) is 19.7. The van der Waals surface area contributed by atoms with Crippen molar-refractivity contribution in [1.82, 2.24) is 25.0 Å². The zero-order valence-electron chi connectivity index (χ0n) is 16.2. The molecule has 1 aromatic carbocycles. The number of fused-ring (bicyclic) bond motifs is 1. The van der Waals surface area contributed by atoms with Crippen molar-refractivity contribution < 1.29 is 9.18 Å². The molecule has 0 saturated carbocycles. The quantitative estimate of drug-likeness (QED) is 0.738. The van der Waals surface area contributed by atoms with E-state index in [2.05, 4.69) is 20.3 Å². The predicted octanol–water partition coefficient (Wildman–Crippen LogP) is 3.00. The summed E-state index contributed by atoms with van der Waals surface area (Å²) >= 11 is 0. The molecule has 146 valence electrons. The summed E-state index contributed by atoms with van der Waals surface area (Å²) in [5.74, 6) is -0.470. The number of amides is 1. The number of nitrogens with one attached hydrogen (secondary N) is 1. The van der Waals surface area contributed by atoms with Crippen LogP contribution in [0.5, 0.6) is 0 Å². The second kappa shape index (κ2) is 7.67. The van der Waals surface area contributed by atoms with Gasteiger partial charge < -0.3 is 10.2 Å². The summed E-state index contributed by atoms with van der Waals surface area (Å²) in [5, 5.41) is 8.26. The van der Waals surface area contributed by atoms with E-state index in [9.17, 15) is 9.18 Å². The first-order chi connectivity index (χ1) is 13.5. The largest absolute Gasteiger partial charge is 0.351 e. The first-order valence-electron chi connectivity index (χ1n) is 9.66. The molecule has 0 radical (unpaired) electrons. The summed E-state index contributed by atoms with van der Waals surface area (Å²) in [5.41, 5.74) is 3.11. The highest BCUT2D eigenvalue weighted by atomic mass is 19.1. The lowest BCUT2D eigenvalue weighted by Gasteiger charge is -2.15. The monoisotopic (exact) mass is 381 g/mol. The number of rotatable bonds is 5. The molecule has 0 spiro atoms. The van der Waals surface area contributed by atoms with Crippen LogP contribution >= 0.6 is 0 Å². The minimum absolute atomic E-state index is 0.128. The van der Waals surface area contributed by atoms with Gasteiger partial charge in [-0.1, -0.05) is 6.07 Å². The van der Waals surface area contributed by atoms with Gasteiger partial charge in [0.2, 0.25) is 0 Å². The number of pyridine rings is 1. The molecule has 3 aromatic rings. The molecule has 1 saturated heterocycles. The van der Waals surface area contributed by atoms with Crippen molar-refractivity contribution in [3.63, 3.8) is 0 Å². The summed E-state index contributed by atoms with van der Waals surface area (Å²) in [6.07, 6.45) is 2.47. The molecule has 1 fully saturated rings. The van der Waals surface area contributed by atoms with Crippen LogP contribution in [0.2, 0.25) is 0 Å². The number of aromatic nitrogens is 3. The van der Waals surface area contributed by atoms with Gasteiger partial charge in [0.1, 0.15) is 5.82 Å². The van der Waals surface area contributed by atoms with Crippen LogP contribution in [0, 0.1) is 19.7 Å². The highest BCUT2D eigenvalue weighted by Crippen LogP contribution is 2.25. The van der Waals surface area contributed by atoms with Crippen molar-refractivity contribution in [3.8, 4) is 5.69 Å². The van der Waals surface area contributed by atoms with E-state index in [1.807, 2.05) is 13.8 Å². The van der Waals surface area contributed by atoms with Crippen LogP contribution in [0.1, 0.15) is 34.6 Å². The Morgan fingerprint density at radius 2 is 2.00 bits per heavy atom. The summed E-state index contributed by atoms with van der Waals surface area (Å²) in [6, 6.07) is 7.99. The van der Waals surface area contributed by atoms with Crippen molar-refractivity contribution in [2.75, 3.05) is 26.2 Å². The molecular weight excluding hydrogens is 357 g/mol. The Morgan fingerprint density at radius 3 is 2.75 bits per heavy atom. The lowest BCUT2D eigenvalue weighted by atomic mass is 10.1. The molecule has 1 aliphatic rings. The van der Waals surface area contributed by atoms with Gasteiger partial charge in [-0.3, -0.25) is 4.79 Å². The number of hydrogen-bond donors (Lipinski definition) is 1. The van der Waals surface area contributed by atoms with Gasteiger partial charge in [-0.2, -0.15) is 5.10 Å². The van der Waals surface area contributed by atoms with Crippen molar-refractivity contribution in [1.29, 1.82) is 0 Å². The highest BCUT2D eigenvalue weighted by Gasteiger charge is 2.20. The third-order valence-corrected chi connectivity index (χ3v) is 5.15. The van der Waals surface area contributed by atoms with Gasteiger partial charge in [0.05, 0.1) is 22.3 Å². The standard InChI is InChI=1S/C21H24FN5O/c1-14-12-18(21(28)23-8-11-26-9-3-4-10-26)19-15(2)25-27(20(19)24-14)17-7-5-6-16(22)13-17/h5-7,12-13H,3-4,8-11H2,1-2H3,(H,23,28). The Morgan fingerprint density at radius 1 is 1.21 bits per heavy atom. The molecule has 0 unspecified atom stereocenters. The summed E-state index contributed by atoms with van der Waals surface area (Å²) in [6.45, 7) is 7.37. The summed E-state index contributed by atoms with van der Waals surface area (Å²) in [4.78, 5) is 19.8. The molecule has 7 heteroatoms. The van der Waals surface area contributed by atoms with E-state index in [1.54, 1.807) is 22.9 Å². The number of halogens is 1. The Bertz CT molecular complexity index is 1020. The molecule has 1 N–H and O–H groups in total. The van der Waals surface area contributed by atoms with Crippen LogP contribution < -0.4 is 5.32 Å². The first kappa shape index (κ1) is 18.6. The van der Waals surface area contributed by atoms with Crippen LogP contribution in [0.15, 0.2) is 30.3 Å². The average Bonchev–Trinajstić information content (AvgIpc) is 3.29. The molecule has 28 heavy (non-hydrogen) atoms. The van der Waals surface area contributed by atoms with Crippen LogP contribution in [0.4, 0.5) is 4.39 Å².